The molecule has 0 bridgehead atoms. The Balaban J connectivity index is -0.0000000458. The summed E-state index contributed by atoms with van der Waals surface area (Å²) in [5.41, 5.74) is 15.1. The van der Waals surface area contributed by atoms with Crippen LogP contribution in [0, 0.1) is 27.6 Å². The number of rotatable bonds is 6. The molecule has 0 unspecified atom stereocenters. The summed E-state index contributed by atoms with van der Waals surface area (Å²) in [6.45, 7) is 8.43. The molecule has 0 aliphatic heterocycles. The monoisotopic (exact) mass is 310 g/mol. The molecule has 0 fully saturated rings. The predicted molar refractivity (Wildman–Crippen MR) is 82.9 cm³/mol. The van der Waals surface area contributed by atoms with Crippen LogP contribution in [0.5, 0.6) is 0 Å². The van der Waals surface area contributed by atoms with Crippen LogP contribution in [0.3, 0.4) is 0 Å². The zero-order chi connectivity index (χ0) is 15.1. The predicted octanol–water partition coefficient (Wildman–Crippen LogP) is -0.793. The van der Waals surface area contributed by atoms with Gasteiger partial charge in [-0.3, -0.25) is 21.1 Å². The van der Waals surface area contributed by atoms with Crippen molar-refractivity contribution in [3.8, 4) is 0 Å². The van der Waals surface area contributed by atoms with Crippen LogP contribution in [0.15, 0.2) is 0 Å². The van der Waals surface area contributed by atoms with E-state index in [9.17, 15) is 0 Å². The van der Waals surface area contributed by atoms with E-state index in [1.807, 2.05) is 20.3 Å². The van der Waals surface area contributed by atoms with E-state index in [0.717, 1.165) is 19.6 Å². The van der Waals surface area contributed by atoms with E-state index < -0.39 is 0 Å². The van der Waals surface area contributed by atoms with Gasteiger partial charge in [-0.15, -0.1) is 0 Å². The second-order valence-electron chi connectivity index (χ2n) is 2.94. The standard InChI is InChI=1S/3C3H9N2.C3H7.Ti/c3*1-5-3-2-4;1-3-2;/h3*5H,1-4H2;3H,1-2H3;/q4*-1;+4. The average molecular weight is 310 g/mol. The van der Waals surface area contributed by atoms with Crippen LogP contribution in [0.4, 0.5) is 0 Å². The van der Waals surface area contributed by atoms with E-state index in [1.54, 1.807) is 0 Å². The summed E-state index contributed by atoms with van der Waals surface area (Å²) < 4.78 is 0. The van der Waals surface area contributed by atoms with E-state index in [0.29, 0.717) is 19.6 Å². The Kier molecular flexibility index (Phi) is 85.9. The summed E-state index contributed by atoms with van der Waals surface area (Å²) in [5.74, 6) is 0. The van der Waals surface area contributed by atoms with Crippen molar-refractivity contribution in [2.45, 2.75) is 13.8 Å². The molecule has 0 aliphatic carbocycles. The first-order chi connectivity index (χ1) is 8.66. The zero-order valence-corrected chi connectivity index (χ0v) is 14.2. The molecule has 0 aliphatic rings. The van der Waals surface area contributed by atoms with Gasteiger partial charge in [0.1, 0.15) is 0 Å². The van der Waals surface area contributed by atoms with Crippen LogP contribution < -0.4 is 33.2 Å². The molecular formula is C12H34N6Ti. The van der Waals surface area contributed by atoms with Crippen molar-refractivity contribution in [3.63, 3.8) is 0 Å². The molecular weight excluding hydrogens is 276 g/mol. The molecule has 0 aromatic rings. The fourth-order valence-electron chi connectivity index (χ4n) is 0.306. The first-order valence-corrected chi connectivity index (χ1v) is 6.00. The molecule has 116 valence electrons. The fraction of sp³-hybridized carbons (Fsp3) is 0.667. The molecule has 7 heteroatoms. The second kappa shape index (κ2) is 51.4. The first kappa shape index (κ1) is 31.7. The van der Waals surface area contributed by atoms with Gasteiger partial charge in [0, 0.05) is 19.6 Å². The quantitative estimate of drug-likeness (QED) is 0.283. The number of hydrogen-bond acceptors (Lipinski definition) is 6. The Morgan fingerprint density at radius 3 is 0.895 bits per heavy atom. The Morgan fingerprint density at radius 1 is 0.737 bits per heavy atom. The van der Waals surface area contributed by atoms with E-state index in [4.69, 9.17) is 17.2 Å². The van der Waals surface area contributed by atoms with Gasteiger partial charge >= 0.3 is 21.7 Å². The molecule has 0 heterocycles. The molecule has 0 spiro atoms. The van der Waals surface area contributed by atoms with E-state index in [2.05, 4.69) is 37.1 Å². The Labute approximate surface area is 135 Å². The Bertz CT molecular complexity index is 68.4. The normalized spacial score (nSPS) is 7.58. The van der Waals surface area contributed by atoms with Gasteiger partial charge in [0.2, 0.25) is 0 Å². The fourth-order valence-corrected chi connectivity index (χ4v) is 0.306. The topological polar surface area (TPSA) is 114 Å². The summed E-state index contributed by atoms with van der Waals surface area (Å²) in [6.07, 6.45) is 2.00. The average Bonchev–Trinajstić information content (AvgIpc) is 2.35. The van der Waals surface area contributed by atoms with Crippen LogP contribution in [0.1, 0.15) is 13.8 Å². The van der Waals surface area contributed by atoms with Gasteiger partial charge in [0.25, 0.3) is 0 Å². The van der Waals surface area contributed by atoms with E-state index in [-0.39, 0.29) is 21.7 Å². The summed E-state index contributed by atoms with van der Waals surface area (Å²) in [4.78, 5) is 0. The molecule has 0 atom stereocenters. The van der Waals surface area contributed by atoms with Gasteiger partial charge in [0.05, 0.1) is 0 Å². The van der Waals surface area contributed by atoms with Gasteiger partial charge in [0.15, 0.2) is 0 Å². The second-order valence-corrected chi connectivity index (χ2v) is 2.94. The van der Waals surface area contributed by atoms with Crippen molar-refractivity contribution in [2.75, 3.05) is 39.3 Å². The number of nitrogens with one attached hydrogen (secondary N) is 3. The van der Waals surface area contributed by atoms with Crippen LogP contribution in [-0.4, -0.2) is 39.3 Å². The minimum Gasteiger partial charge on any atom is -0.472 e. The molecule has 0 aromatic carbocycles. The SMILES string of the molecule is C[CH-]C.[CH2-]NCCN.[CH2-]NCCN.[CH2-]NCCN.[Ti+4]. The summed E-state index contributed by atoms with van der Waals surface area (Å²) in [6, 6.07) is 0. The molecule has 0 amide bonds. The maximum absolute atomic E-state index is 5.04. The van der Waals surface area contributed by atoms with Crippen LogP contribution >= 0.6 is 0 Å². The van der Waals surface area contributed by atoms with Crippen molar-refractivity contribution in [1.82, 2.24) is 16.0 Å². The van der Waals surface area contributed by atoms with Crippen molar-refractivity contribution in [3.05, 3.63) is 27.6 Å². The molecule has 19 heavy (non-hydrogen) atoms. The molecule has 0 saturated heterocycles. The van der Waals surface area contributed by atoms with Crippen molar-refractivity contribution in [1.29, 1.82) is 0 Å². The van der Waals surface area contributed by atoms with Gasteiger partial charge in [-0.2, -0.15) is 13.8 Å². The minimum absolute atomic E-state index is 0. The summed E-state index contributed by atoms with van der Waals surface area (Å²) >= 11 is 0. The molecule has 0 rings (SSSR count). The van der Waals surface area contributed by atoms with Gasteiger partial charge in [-0.05, 0) is 19.6 Å². The summed E-state index contributed by atoms with van der Waals surface area (Å²) in [5, 5.41) is 7.93. The maximum atomic E-state index is 5.04. The summed E-state index contributed by atoms with van der Waals surface area (Å²) in [7, 11) is 10.0. The van der Waals surface area contributed by atoms with E-state index in [1.165, 1.54) is 0 Å². The third kappa shape index (κ3) is 120. The van der Waals surface area contributed by atoms with Crippen molar-refractivity contribution >= 4 is 0 Å². The zero-order valence-electron chi connectivity index (χ0n) is 12.7. The number of nitrogens with two attached hydrogens (primary N) is 3. The van der Waals surface area contributed by atoms with Gasteiger partial charge in [-0.1, -0.05) is 0 Å². The van der Waals surface area contributed by atoms with Crippen molar-refractivity contribution < 1.29 is 21.7 Å². The molecule has 0 aromatic heterocycles. The molecule has 0 saturated carbocycles. The first-order valence-electron chi connectivity index (χ1n) is 6.00. The molecule has 9 N–H and O–H groups in total. The number of hydrogen-bond donors (Lipinski definition) is 6. The molecule has 0 radical (unpaired) electrons. The van der Waals surface area contributed by atoms with Crippen LogP contribution in [0.25, 0.3) is 0 Å². The van der Waals surface area contributed by atoms with Crippen molar-refractivity contribution in [2.24, 2.45) is 17.2 Å². The third-order valence-corrected chi connectivity index (χ3v) is 0.963. The van der Waals surface area contributed by atoms with E-state index >= 15 is 0 Å². The smallest absolute Gasteiger partial charge is 0.472 e. The van der Waals surface area contributed by atoms with Gasteiger partial charge < -0.3 is 39.6 Å². The molecule has 6 nitrogen and oxygen atoms in total. The van der Waals surface area contributed by atoms with Gasteiger partial charge in [-0.25, -0.2) is 0 Å². The Hall–Kier alpha value is 0.474. The van der Waals surface area contributed by atoms with Crippen LogP contribution in [-0.2, 0) is 21.7 Å². The largest absolute Gasteiger partial charge is 4.00 e. The maximum Gasteiger partial charge on any atom is 4.00 e. The van der Waals surface area contributed by atoms with Crippen LogP contribution in [0.2, 0.25) is 0 Å². The third-order valence-electron chi connectivity index (χ3n) is 0.963. The minimum atomic E-state index is 0. The Morgan fingerprint density at radius 2 is 0.895 bits per heavy atom.